The molecule has 0 fully saturated rings. The first kappa shape index (κ1) is 13.5. The Kier molecular flexibility index (Phi) is 4.11. The van der Waals surface area contributed by atoms with E-state index in [2.05, 4.69) is 45.4 Å². The van der Waals surface area contributed by atoms with Crippen molar-refractivity contribution in [2.24, 2.45) is 0 Å². The molecule has 0 unspecified atom stereocenters. The standard InChI is InChI=1S/C13H15N3O2S/c1-4-9-7-10(6-5-8(9)2)14-13-15-11(16-19-13)12(17)18-3/h5-7H,4H2,1-3H3,(H,14,15,16). The van der Waals surface area contributed by atoms with Crippen LogP contribution in [-0.2, 0) is 11.2 Å². The Bertz CT molecular complexity index is 595. The van der Waals surface area contributed by atoms with Crippen molar-refractivity contribution >= 4 is 28.3 Å². The van der Waals surface area contributed by atoms with Gasteiger partial charge in [-0.15, -0.1) is 0 Å². The van der Waals surface area contributed by atoms with Gasteiger partial charge in [-0.3, -0.25) is 0 Å². The van der Waals surface area contributed by atoms with E-state index in [1.54, 1.807) is 0 Å². The van der Waals surface area contributed by atoms with E-state index in [-0.39, 0.29) is 5.82 Å². The molecule has 0 aliphatic heterocycles. The van der Waals surface area contributed by atoms with E-state index in [0.29, 0.717) is 5.13 Å². The van der Waals surface area contributed by atoms with E-state index in [1.807, 2.05) is 6.07 Å². The fraction of sp³-hybridized carbons (Fsp3) is 0.308. The highest BCUT2D eigenvalue weighted by molar-refractivity contribution is 7.09. The van der Waals surface area contributed by atoms with E-state index >= 15 is 0 Å². The van der Waals surface area contributed by atoms with Crippen molar-refractivity contribution < 1.29 is 9.53 Å². The Hall–Kier alpha value is -1.95. The molecule has 0 radical (unpaired) electrons. The molecule has 0 saturated carbocycles. The lowest BCUT2D eigenvalue weighted by Crippen LogP contribution is -2.03. The predicted molar refractivity (Wildman–Crippen MR) is 75.1 cm³/mol. The topological polar surface area (TPSA) is 64.1 Å². The van der Waals surface area contributed by atoms with E-state index in [4.69, 9.17) is 0 Å². The Balaban J connectivity index is 2.17. The number of nitrogens with zero attached hydrogens (tertiary/aromatic N) is 2. The summed E-state index contributed by atoms with van der Waals surface area (Å²) in [5.74, 6) is -0.444. The molecule has 0 aliphatic rings. The molecular formula is C13H15N3O2S. The van der Waals surface area contributed by atoms with E-state index in [0.717, 1.165) is 23.6 Å². The number of ether oxygens (including phenoxy) is 1. The summed E-state index contributed by atoms with van der Waals surface area (Å²) in [4.78, 5) is 15.3. The number of aryl methyl sites for hydroxylation is 2. The number of esters is 1. The second-order valence-corrected chi connectivity index (χ2v) is 4.79. The molecule has 100 valence electrons. The van der Waals surface area contributed by atoms with Crippen LogP contribution in [0.5, 0.6) is 0 Å². The van der Waals surface area contributed by atoms with Crippen molar-refractivity contribution in [3.8, 4) is 0 Å². The average Bonchev–Trinajstić information content (AvgIpc) is 2.88. The first-order valence-electron chi connectivity index (χ1n) is 5.92. The minimum absolute atomic E-state index is 0.0813. The molecule has 5 nitrogen and oxygen atoms in total. The minimum Gasteiger partial charge on any atom is -0.463 e. The molecule has 0 saturated heterocycles. The van der Waals surface area contributed by atoms with Crippen LogP contribution in [0.1, 0.15) is 28.7 Å². The molecule has 6 heteroatoms. The molecule has 1 N–H and O–H groups in total. The molecule has 2 aromatic rings. The maximum absolute atomic E-state index is 11.3. The number of benzene rings is 1. The summed E-state index contributed by atoms with van der Waals surface area (Å²) in [6.45, 7) is 4.20. The van der Waals surface area contributed by atoms with Crippen molar-refractivity contribution in [3.05, 3.63) is 35.2 Å². The van der Waals surface area contributed by atoms with Crippen LogP contribution in [0.4, 0.5) is 10.8 Å². The third-order valence-electron chi connectivity index (χ3n) is 2.78. The lowest BCUT2D eigenvalue weighted by molar-refractivity contribution is 0.0588. The number of carbonyl (C=O) groups excluding carboxylic acids is 1. The summed E-state index contributed by atoms with van der Waals surface area (Å²) in [7, 11) is 1.31. The minimum atomic E-state index is -0.526. The fourth-order valence-corrected chi connectivity index (χ4v) is 2.28. The zero-order chi connectivity index (χ0) is 13.8. The number of anilines is 2. The molecule has 0 bridgehead atoms. The number of carbonyl (C=O) groups is 1. The van der Waals surface area contributed by atoms with Gasteiger partial charge in [0.15, 0.2) is 0 Å². The number of hydrogen-bond donors (Lipinski definition) is 1. The molecule has 0 atom stereocenters. The Morgan fingerprint density at radius 1 is 1.47 bits per heavy atom. The number of aromatic nitrogens is 2. The van der Waals surface area contributed by atoms with Crippen LogP contribution in [0.15, 0.2) is 18.2 Å². The fourth-order valence-electron chi connectivity index (χ4n) is 1.70. The molecule has 2 rings (SSSR count). The Labute approximate surface area is 115 Å². The lowest BCUT2D eigenvalue weighted by atomic mass is 10.1. The zero-order valence-corrected chi connectivity index (χ0v) is 11.9. The van der Waals surface area contributed by atoms with Gasteiger partial charge >= 0.3 is 5.97 Å². The SMILES string of the molecule is CCc1cc(Nc2nc(C(=O)OC)ns2)ccc1C. The lowest BCUT2D eigenvalue weighted by Gasteiger charge is -2.07. The average molecular weight is 277 g/mol. The number of methoxy groups -OCH3 is 1. The highest BCUT2D eigenvalue weighted by atomic mass is 32.1. The van der Waals surface area contributed by atoms with Crippen LogP contribution in [0.25, 0.3) is 0 Å². The molecule has 0 aliphatic carbocycles. The largest absolute Gasteiger partial charge is 0.463 e. The quantitative estimate of drug-likeness (QED) is 0.870. The first-order valence-corrected chi connectivity index (χ1v) is 6.70. The van der Waals surface area contributed by atoms with Crippen LogP contribution in [-0.4, -0.2) is 22.4 Å². The number of rotatable bonds is 4. The Morgan fingerprint density at radius 2 is 2.26 bits per heavy atom. The number of hydrogen-bond acceptors (Lipinski definition) is 6. The van der Waals surface area contributed by atoms with Gasteiger partial charge in [0, 0.05) is 17.2 Å². The van der Waals surface area contributed by atoms with Gasteiger partial charge in [-0.2, -0.15) is 9.36 Å². The van der Waals surface area contributed by atoms with Gasteiger partial charge < -0.3 is 10.1 Å². The van der Waals surface area contributed by atoms with E-state index in [1.165, 1.54) is 18.2 Å². The van der Waals surface area contributed by atoms with Gasteiger partial charge in [0.25, 0.3) is 5.82 Å². The van der Waals surface area contributed by atoms with Crippen molar-refractivity contribution in [3.63, 3.8) is 0 Å². The summed E-state index contributed by atoms with van der Waals surface area (Å²) in [5.41, 5.74) is 3.48. The molecule has 19 heavy (non-hydrogen) atoms. The van der Waals surface area contributed by atoms with Gasteiger partial charge in [-0.1, -0.05) is 13.0 Å². The summed E-state index contributed by atoms with van der Waals surface area (Å²) >= 11 is 1.13. The summed E-state index contributed by atoms with van der Waals surface area (Å²) in [6.07, 6.45) is 0.977. The van der Waals surface area contributed by atoms with Gasteiger partial charge in [0.1, 0.15) is 0 Å². The van der Waals surface area contributed by atoms with Crippen LogP contribution in [0.2, 0.25) is 0 Å². The number of nitrogens with one attached hydrogen (secondary N) is 1. The summed E-state index contributed by atoms with van der Waals surface area (Å²) < 4.78 is 8.50. The second-order valence-electron chi connectivity index (χ2n) is 4.03. The van der Waals surface area contributed by atoms with Crippen molar-refractivity contribution in [2.75, 3.05) is 12.4 Å². The maximum atomic E-state index is 11.3. The molecule has 1 heterocycles. The highest BCUT2D eigenvalue weighted by Crippen LogP contribution is 2.21. The first-order chi connectivity index (χ1) is 9.13. The van der Waals surface area contributed by atoms with Gasteiger partial charge in [0.2, 0.25) is 5.13 Å². The van der Waals surface area contributed by atoms with Crippen LogP contribution >= 0.6 is 11.5 Å². The van der Waals surface area contributed by atoms with Crippen LogP contribution < -0.4 is 5.32 Å². The third kappa shape index (κ3) is 3.08. The predicted octanol–water partition coefficient (Wildman–Crippen LogP) is 2.94. The van der Waals surface area contributed by atoms with Gasteiger partial charge in [-0.25, -0.2) is 4.79 Å². The van der Waals surface area contributed by atoms with Crippen molar-refractivity contribution in [2.45, 2.75) is 20.3 Å². The van der Waals surface area contributed by atoms with Gasteiger partial charge in [-0.05, 0) is 36.6 Å². The van der Waals surface area contributed by atoms with E-state index in [9.17, 15) is 4.79 Å². The molecule has 0 amide bonds. The highest BCUT2D eigenvalue weighted by Gasteiger charge is 2.13. The normalized spacial score (nSPS) is 10.3. The smallest absolute Gasteiger partial charge is 0.377 e. The van der Waals surface area contributed by atoms with Crippen molar-refractivity contribution in [1.29, 1.82) is 0 Å². The Morgan fingerprint density at radius 3 is 2.95 bits per heavy atom. The van der Waals surface area contributed by atoms with Crippen LogP contribution in [0, 0.1) is 6.92 Å². The van der Waals surface area contributed by atoms with Gasteiger partial charge in [0.05, 0.1) is 7.11 Å². The van der Waals surface area contributed by atoms with Crippen LogP contribution in [0.3, 0.4) is 0 Å². The second kappa shape index (κ2) is 5.79. The maximum Gasteiger partial charge on any atom is 0.377 e. The molecule has 1 aromatic carbocycles. The summed E-state index contributed by atoms with van der Waals surface area (Å²) in [5, 5.41) is 3.72. The zero-order valence-electron chi connectivity index (χ0n) is 11.1. The van der Waals surface area contributed by atoms with Crippen molar-refractivity contribution in [1.82, 2.24) is 9.36 Å². The molecule has 0 spiro atoms. The molecular weight excluding hydrogens is 262 g/mol. The third-order valence-corrected chi connectivity index (χ3v) is 3.41. The summed E-state index contributed by atoms with van der Waals surface area (Å²) in [6, 6.07) is 6.12. The van der Waals surface area contributed by atoms with E-state index < -0.39 is 5.97 Å². The monoisotopic (exact) mass is 277 g/mol. The molecule has 1 aromatic heterocycles.